The summed E-state index contributed by atoms with van der Waals surface area (Å²) in [4.78, 5) is 0. The maximum atomic E-state index is 9.86. The van der Waals surface area contributed by atoms with Crippen LogP contribution >= 0.6 is 0 Å². The largest absolute Gasteiger partial charge is 0.508 e. The number of aryl methyl sites for hydroxylation is 1. The minimum Gasteiger partial charge on any atom is -0.508 e. The van der Waals surface area contributed by atoms with Gasteiger partial charge in [-0.15, -0.1) is 0 Å². The van der Waals surface area contributed by atoms with Crippen LogP contribution in [-0.2, 0) is 0 Å². The molecule has 1 aromatic rings. The van der Waals surface area contributed by atoms with E-state index in [-0.39, 0.29) is 17.4 Å². The highest BCUT2D eigenvalue weighted by Crippen LogP contribution is 2.37. The third-order valence-electron chi connectivity index (χ3n) is 3.03. The summed E-state index contributed by atoms with van der Waals surface area (Å²) in [7, 11) is 0. The number of rotatable bonds is 4. The van der Waals surface area contributed by atoms with Gasteiger partial charge < -0.3 is 15.9 Å². The smallest absolute Gasteiger partial charge is 0.122 e. The van der Waals surface area contributed by atoms with Gasteiger partial charge in [-0.2, -0.15) is 0 Å². The molecule has 0 radical (unpaired) electrons. The Morgan fingerprint density at radius 1 is 1.19 bits per heavy atom. The molecule has 0 spiro atoms. The van der Waals surface area contributed by atoms with Crippen molar-refractivity contribution in [3.63, 3.8) is 0 Å². The Morgan fingerprint density at radius 2 is 1.81 bits per heavy atom. The van der Waals surface area contributed by atoms with Crippen molar-refractivity contribution < 1.29 is 10.2 Å². The van der Waals surface area contributed by atoms with E-state index in [0.717, 1.165) is 17.5 Å². The average Bonchev–Trinajstić information content (AvgIpc) is 2.20. The molecule has 0 saturated heterocycles. The zero-order valence-corrected chi connectivity index (χ0v) is 10.2. The van der Waals surface area contributed by atoms with Crippen LogP contribution in [0.15, 0.2) is 12.1 Å². The van der Waals surface area contributed by atoms with Crippen molar-refractivity contribution in [1.29, 1.82) is 0 Å². The highest BCUT2D eigenvalue weighted by Gasteiger charge is 2.19. The van der Waals surface area contributed by atoms with Gasteiger partial charge in [0.15, 0.2) is 0 Å². The molecule has 1 atom stereocenters. The predicted octanol–water partition coefficient (Wildman–Crippen LogP) is 2.49. The summed E-state index contributed by atoms with van der Waals surface area (Å²) in [6.07, 6.45) is 0.843. The molecule has 1 unspecified atom stereocenters. The van der Waals surface area contributed by atoms with E-state index in [2.05, 4.69) is 13.8 Å². The molecule has 16 heavy (non-hydrogen) atoms. The number of phenolic OH excluding ortho intramolecular Hbond substituents is 2. The van der Waals surface area contributed by atoms with E-state index in [1.807, 2.05) is 13.0 Å². The van der Waals surface area contributed by atoms with Gasteiger partial charge in [-0.3, -0.25) is 0 Å². The van der Waals surface area contributed by atoms with Crippen LogP contribution in [0.3, 0.4) is 0 Å². The lowest BCUT2D eigenvalue weighted by Gasteiger charge is -2.22. The molecule has 0 aliphatic rings. The first-order valence-corrected chi connectivity index (χ1v) is 5.70. The van der Waals surface area contributed by atoms with E-state index in [1.54, 1.807) is 0 Å². The van der Waals surface area contributed by atoms with Gasteiger partial charge in [0.1, 0.15) is 11.5 Å². The molecule has 4 N–H and O–H groups in total. The number of benzene rings is 1. The SMILES string of the molecule is Cc1cc(C(CCN)C(C)C)c(O)cc1O. The van der Waals surface area contributed by atoms with Crippen molar-refractivity contribution in [2.24, 2.45) is 11.7 Å². The second kappa shape index (κ2) is 5.21. The van der Waals surface area contributed by atoms with E-state index in [4.69, 9.17) is 5.73 Å². The molecule has 0 fully saturated rings. The van der Waals surface area contributed by atoms with Gasteiger partial charge in [0.05, 0.1) is 0 Å². The van der Waals surface area contributed by atoms with Gasteiger partial charge in [0.2, 0.25) is 0 Å². The third kappa shape index (κ3) is 2.67. The molecule has 1 rings (SSSR count). The standard InChI is InChI=1S/C13H21NO2/c1-8(2)10(4-5-14)11-6-9(3)12(15)7-13(11)16/h6-8,10,15-16H,4-5,14H2,1-3H3. The van der Waals surface area contributed by atoms with E-state index in [0.29, 0.717) is 12.5 Å². The molecule has 0 bridgehead atoms. The zero-order chi connectivity index (χ0) is 12.3. The van der Waals surface area contributed by atoms with Crippen LogP contribution in [0, 0.1) is 12.8 Å². The highest BCUT2D eigenvalue weighted by atomic mass is 16.3. The lowest BCUT2D eigenvalue weighted by atomic mass is 9.84. The molecule has 3 nitrogen and oxygen atoms in total. The molecule has 1 aromatic carbocycles. The van der Waals surface area contributed by atoms with Gasteiger partial charge in [-0.05, 0) is 48.9 Å². The third-order valence-corrected chi connectivity index (χ3v) is 3.03. The van der Waals surface area contributed by atoms with Crippen molar-refractivity contribution in [3.05, 3.63) is 23.3 Å². The number of phenols is 2. The highest BCUT2D eigenvalue weighted by molar-refractivity contribution is 5.46. The average molecular weight is 223 g/mol. The molecule has 0 heterocycles. The van der Waals surface area contributed by atoms with E-state index < -0.39 is 0 Å². The van der Waals surface area contributed by atoms with Crippen LogP contribution in [0.1, 0.15) is 37.3 Å². The Bertz CT molecular complexity index is 361. The van der Waals surface area contributed by atoms with Crippen LogP contribution in [0.5, 0.6) is 11.5 Å². The molecule has 0 amide bonds. The first kappa shape index (κ1) is 12.8. The number of hydrogen-bond donors (Lipinski definition) is 3. The fourth-order valence-electron chi connectivity index (χ4n) is 2.03. The van der Waals surface area contributed by atoms with Crippen LogP contribution in [0.25, 0.3) is 0 Å². The van der Waals surface area contributed by atoms with Crippen molar-refractivity contribution in [2.75, 3.05) is 6.54 Å². The van der Waals surface area contributed by atoms with Crippen LogP contribution < -0.4 is 5.73 Å². The maximum absolute atomic E-state index is 9.86. The van der Waals surface area contributed by atoms with Gasteiger partial charge in [-0.25, -0.2) is 0 Å². The predicted molar refractivity (Wildman–Crippen MR) is 65.8 cm³/mol. The topological polar surface area (TPSA) is 66.5 Å². The summed E-state index contributed by atoms with van der Waals surface area (Å²) in [5.74, 6) is 0.953. The zero-order valence-electron chi connectivity index (χ0n) is 10.2. The first-order chi connectivity index (χ1) is 7.47. The summed E-state index contributed by atoms with van der Waals surface area (Å²) >= 11 is 0. The molecule has 90 valence electrons. The summed E-state index contributed by atoms with van der Waals surface area (Å²) in [6.45, 7) is 6.66. The fraction of sp³-hybridized carbons (Fsp3) is 0.538. The number of nitrogens with two attached hydrogens (primary N) is 1. The minimum atomic E-state index is 0.136. The molecule has 0 aliphatic carbocycles. The molecule has 0 saturated carbocycles. The van der Waals surface area contributed by atoms with Gasteiger partial charge in [0, 0.05) is 6.07 Å². The number of hydrogen-bond acceptors (Lipinski definition) is 3. The van der Waals surface area contributed by atoms with E-state index >= 15 is 0 Å². The summed E-state index contributed by atoms with van der Waals surface area (Å²) < 4.78 is 0. The van der Waals surface area contributed by atoms with Crippen molar-refractivity contribution in [2.45, 2.75) is 33.1 Å². The maximum Gasteiger partial charge on any atom is 0.122 e. The minimum absolute atomic E-state index is 0.136. The molecule has 3 heteroatoms. The second-order valence-electron chi connectivity index (χ2n) is 4.63. The Hall–Kier alpha value is -1.22. The van der Waals surface area contributed by atoms with E-state index in [9.17, 15) is 10.2 Å². The first-order valence-electron chi connectivity index (χ1n) is 5.70. The molecule has 0 aliphatic heterocycles. The van der Waals surface area contributed by atoms with Crippen molar-refractivity contribution in [1.82, 2.24) is 0 Å². The second-order valence-corrected chi connectivity index (χ2v) is 4.63. The summed E-state index contributed by atoms with van der Waals surface area (Å²) in [5, 5.41) is 19.4. The lowest BCUT2D eigenvalue weighted by molar-refractivity contribution is 0.415. The summed E-state index contributed by atoms with van der Waals surface area (Å²) in [6, 6.07) is 3.27. The van der Waals surface area contributed by atoms with Crippen molar-refractivity contribution >= 4 is 0 Å². The normalized spacial score (nSPS) is 13.1. The van der Waals surface area contributed by atoms with E-state index in [1.165, 1.54) is 6.07 Å². The lowest BCUT2D eigenvalue weighted by Crippen LogP contribution is -2.13. The van der Waals surface area contributed by atoms with Gasteiger partial charge in [0.25, 0.3) is 0 Å². The van der Waals surface area contributed by atoms with Gasteiger partial charge in [-0.1, -0.05) is 13.8 Å². The van der Waals surface area contributed by atoms with Crippen LogP contribution in [-0.4, -0.2) is 16.8 Å². The Kier molecular flexibility index (Phi) is 4.19. The Labute approximate surface area is 96.9 Å². The number of aromatic hydroxyl groups is 2. The monoisotopic (exact) mass is 223 g/mol. The van der Waals surface area contributed by atoms with Crippen molar-refractivity contribution in [3.8, 4) is 11.5 Å². The Balaban J connectivity index is 3.13. The fourth-order valence-corrected chi connectivity index (χ4v) is 2.03. The van der Waals surface area contributed by atoms with Crippen LogP contribution in [0.2, 0.25) is 0 Å². The van der Waals surface area contributed by atoms with Crippen LogP contribution in [0.4, 0.5) is 0 Å². The van der Waals surface area contributed by atoms with Gasteiger partial charge >= 0.3 is 0 Å². The Morgan fingerprint density at radius 3 is 2.31 bits per heavy atom. The summed E-state index contributed by atoms with van der Waals surface area (Å²) in [5.41, 5.74) is 7.26. The molecular formula is C13H21NO2. The quantitative estimate of drug-likeness (QED) is 0.734. The molecular weight excluding hydrogens is 202 g/mol. The molecule has 0 aromatic heterocycles.